The number of amides is 2. The Morgan fingerprint density at radius 1 is 0.865 bits per heavy atom. The third-order valence-electron chi connectivity index (χ3n) is 8.16. The maximum absolute atomic E-state index is 13.7. The van der Waals surface area contributed by atoms with E-state index in [1.165, 1.54) is 25.7 Å². The fraction of sp³-hybridized carbons (Fsp3) is 0.452. The van der Waals surface area contributed by atoms with Gasteiger partial charge in [-0.25, -0.2) is 4.68 Å². The minimum Gasteiger partial charge on any atom is -0.353 e. The Kier molecular flexibility index (Phi) is 8.02. The molecule has 1 N–H and O–H groups in total. The number of hydrogen-bond acceptors (Lipinski definition) is 3. The number of benzene rings is 2. The molecule has 1 atom stereocenters. The van der Waals surface area contributed by atoms with E-state index in [2.05, 4.69) is 12.2 Å². The monoisotopic (exact) mass is 498 g/mol. The molecular weight excluding hydrogens is 460 g/mol. The predicted octanol–water partition coefficient (Wildman–Crippen LogP) is 5.87. The van der Waals surface area contributed by atoms with E-state index < -0.39 is 0 Å². The second kappa shape index (κ2) is 11.8. The van der Waals surface area contributed by atoms with Gasteiger partial charge in [-0.2, -0.15) is 5.10 Å². The Hall–Kier alpha value is -3.41. The van der Waals surface area contributed by atoms with Crippen molar-refractivity contribution in [2.24, 2.45) is 11.8 Å². The van der Waals surface area contributed by atoms with E-state index in [1.807, 2.05) is 71.8 Å². The molecule has 194 valence electrons. The summed E-state index contributed by atoms with van der Waals surface area (Å²) in [5.74, 6) is 0.471. The maximum Gasteiger partial charge on any atom is 0.257 e. The lowest BCUT2D eigenvalue weighted by Gasteiger charge is -2.35. The number of nitrogens with zero attached hydrogens (tertiary/aromatic N) is 3. The highest BCUT2D eigenvalue weighted by atomic mass is 16.2. The molecule has 2 aromatic carbocycles. The molecule has 2 aliphatic rings. The highest BCUT2D eigenvalue weighted by Crippen LogP contribution is 2.30. The second-order valence-electron chi connectivity index (χ2n) is 10.7. The molecule has 2 amide bonds. The smallest absolute Gasteiger partial charge is 0.257 e. The Balaban J connectivity index is 1.26. The molecule has 37 heavy (non-hydrogen) atoms. The molecule has 1 saturated heterocycles. The number of likely N-dealkylation sites (tertiary alicyclic amines) is 1. The summed E-state index contributed by atoms with van der Waals surface area (Å²) in [5, 5.41) is 8.14. The van der Waals surface area contributed by atoms with Crippen molar-refractivity contribution in [3.63, 3.8) is 0 Å². The molecule has 0 bridgehead atoms. The molecule has 1 aromatic heterocycles. The van der Waals surface area contributed by atoms with Crippen LogP contribution in [-0.2, 0) is 4.79 Å². The van der Waals surface area contributed by atoms with E-state index in [1.54, 1.807) is 4.68 Å². The topological polar surface area (TPSA) is 67.2 Å². The van der Waals surface area contributed by atoms with Gasteiger partial charge >= 0.3 is 0 Å². The fourth-order valence-corrected chi connectivity index (χ4v) is 5.80. The SMILES string of the molecule is CC(C(=O)NC1CCCCCC1)C1CCN(C(=O)c2cn(-c3ccccc3)nc2-c2ccccc2)CC1. The molecular formula is C31H38N4O2. The summed E-state index contributed by atoms with van der Waals surface area (Å²) in [4.78, 5) is 28.7. The minimum absolute atomic E-state index is 0.00930. The molecule has 1 unspecified atom stereocenters. The zero-order valence-corrected chi connectivity index (χ0v) is 21.8. The zero-order valence-electron chi connectivity index (χ0n) is 21.8. The van der Waals surface area contributed by atoms with Gasteiger partial charge in [-0.1, -0.05) is 81.1 Å². The minimum atomic E-state index is -0.0267. The third-order valence-corrected chi connectivity index (χ3v) is 8.16. The van der Waals surface area contributed by atoms with Crippen LogP contribution in [0.25, 0.3) is 16.9 Å². The average molecular weight is 499 g/mol. The van der Waals surface area contributed by atoms with Crippen LogP contribution in [0.15, 0.2) is 66.9 Å². The van der Waals surface area contributed by atoms with Gasteiger partial charge in [-0.3, -0.25) is 9.59 Å². The van der Waals surface area contributed by atoms with Crippen molar-refractivity contribution in [1.82, 2.24) is 20.0 Å². The van der Waals surface area contributed by atoms with E-state index in [0.29, 0.717) is 36.3 Å². The first kappa shape index (κ1) is 25.2. The molecule has 1 aliphatic carbocycles. The number of rotatable bonds is 6. The second-order valence-corrected chi connectivity index (χ2v) is 10.7. The Morgan fingerprint density at radius 2 is 1.49 bits per heavy atom. The number of nitrogens with one attached hydrogen (secondary N) is 1. The summed E-state index contributed by atoms with van der Waals surface area (Å²) in [6.07, 6.45) is 10.7. The Bertz CT molecular complexity index is 1170. The van der Waals surface area contributed by atoms with E-state index in [9.17, 15) is 9.59 Å². The van der Waals surface area contributed by atoms with Gasteiger partial charge in [-0.05, 0) is 43.7 Å². The highest BCUT2D eigenvalue weighted by molar-refractivity contribution is 6.00. The fourth-order valence-electron chi connectivity index (χ4n) is 5.80. The van der Waals surface area contributed by atoms with Crippen molar-refractivity contribution in [3.8, 4) is 16.9 Å². The summed E-state index contributed by atoms with van der Waals surface area (Å²) < 4.78 is 1.79. The van der Waals surface area contributed by atoms with Gasteiger partial charge in [0, 0.05) is 36.8 Å². The summed E-state index contributed by atoms with van der Waals surface area (Å²) in [5.41, 5.74) is 3.17. The number of carbonyl (C=O) groups excluding carboxylic acids is 2. The van der Waals surface area contributed by atoms with Crippen LogP contribution >= 0.6 is 0 Å². The van der Waals surface area contributed by atoms with Gasteiger partial charge in [0.25, 0.3) is 5.91 Å². The van der Waals surface area contributed by atoms with Gasteiger partial charge in [0.05, 0.1) is 11.3 Å². The third kappa shape index (κ3) is 5.95. The first-order valence-electron chi connectivity index (χ1n) is 13.9. The van der Waals surface area contributed by atoms with Crippen LogP contribution in [-0.4, -0.2) is 45.6 Å². The molecule has 2 heterocycles. The lowest BCUT2D eigenvalue weighted by molar-refractivity contribution is -0.127. The number of piperidine rings is 1. The van der Waals surface area contributed by atoms with Crippen LogP contribution < -0.4 is 5.32 Å². The zero-order chi connectivity index (χ0) is 25.6. The summed E-state index contributed by atoms with van der Waals surface area (Å²) >= 11 is 0. The molecule has 0 spiro atoms. The van der Waals surface area contributed by atoms with Crippen LogP contribution in [0.1, 0.15) is 68.6 Å². The number of para-hydroxylation sites is 1. The molecule has 3 aromatic rings. The predicted molar refractivity (Wildman–Crippen MR) is 146 cm³/mol. The van der Waals surface area contributed by atoms with Crippen molar-refractivity contribution in [3.05, 3.63) is 72.4 Å². The Labute approximate surface area is 220 Å². The van der Waals surface area contributed by atoms with E-state index in [-0.39, 0.29) is 17.7 Å². The van der Waals surface area contributed by atoms with Crippen LogP contribution in [0.4, 0.5) is 0 Å². The Morgan fingerprint density at radius 3 is 2.14 bits per heavy atom. The lowest BCUT2D eigenvalue weighted by Crippen LogP contribution is -2.44. The van der Waals surface area contributed by atoms with Gasteiger partial charge in [0.1, 0.15) is 5.69 Å². The summed E-state index contributed by atoms with van der Waals surface area (Å²) in [6.45, 7) is 3.39. The van der Waals surface area contributed by atoms with E-state index >= 15 is 0 Å². The number of hydrogen-bond donors (Lipinski definition) is 1. The first-order chi connectivity index (χ1) is 18.1. The van der Waals surface area contributed by atoms with Crippen LogP contribution in [0.2, 0.25) is 0 Å². The first-order valence-corrected chi connectivity index (χ1v) is 13.9. The maximum atomic E-state index is 13.7. The molecule has 6 heteroatoms. The van der Waals surface area contributed by atoms with E-state index in [4.69, 9.17) is 5.10 Å². The molecule has 1 aliphatic heterocycles. The molecule has 6 nitrogen and oxygen atoms in total. The number of aromatic nitrogens is 2. The van der Waals surface area contributed by atoms with Crippen molar-refractivity contribution < 1.29 is 9.59 Å². The summed E-state index contributed by atoms with van der Waals surface area (Å²) in [7, 11) is 0. The van der Waals surface area contributed by atoms with Gasteiger partial charge in [0.2, 0.25) is 5.91 Å². The molecule has 1 saturated carbocycles. The standard InChI is InChI=1S/C31H38N4O2/c1-23(30(36)32-26-14-8-2-3-9-15-26)24-18-20-34(21-19-24)31(37)28-22-35(27-16-10-5-11-17-27)33-29(28)25-12-6-4-7-13-25/h4-7,10-13,16-17,22-24,26H,2-3,8-9,14-15,18-21H2,1H3,(H,32,36). The van der Waals surface area contributed by atoms with Gasteiger partial charge < -0.3 is 10.2 Å². The largest absolute Gasteiger partial charge is 0.353 e. The molecule has 0 radical (unpaired) electrons. The normalized spacial score (nSPS) is 18.2. The van der Waals surface area contributed by atoms with Crippen molar-refractivity contribution in [1.29, 1.82) is 0 Å². The quantitative estimate of drug-likeness (QED) is 0.433. The van der Waals surface area contributed by atoms with Crippen LogP contribution in [0.3, 0.4) is 0 Å². The highest BCUT2D eigenvalue weighted by Gasteiger charge is 2.32. The molecule has 2 fully saturated rings. The van der Waals surface area contributed by atoms with Crippen molar-refractivity contribution in [2.45, 2.75) is 64.3 Å². The lowest BCUT2D eigenvalue weighted by atomic mass is 9.84. The number of carbonyl (C=O) groups is 2. The van der Waals surface area contributed by atoms with Crippen molar-refractivity contribution >= 4 is 11.8 Å². The van der Waals surface area contributed by atoms with Crippen LogP contribution in [0, 0.1) is 11.8 Å². The van der Waals surface area contributed by atoms with Crippen molar-refractivity contribution in [2.75, 3.05) is 13.1 Å². The summed E-state index contributed by atoms with van der Waals surface area (Å²) in [6, 6.07) is 20.1. The van der Waals surface area contributed by atoms with Gasteiger partial charge in [-0.15, -0.1) is 0 Å². The van der Waals surface area contributed by atoms with Gasteiger partial charge in [0.15, 0.2) is 0 Å². The molecule has 5 rings (SSSR count). The van der Waals surface area contributed by atoms with E-state index in [0.717, 1.165) is 36.9 Å². The van der Waals surface area contributed by atoms with Crippen LogP contribution in [0.5, 0.6) is 0 Å². The average Bonchev–Trinajstić information content (AvgIpc) is 3.24.